The Labute approximate surface area is 203 Å². The lowest BCUT2D eigenvalue weighted by molar-refractivity contribution is -0.111. The quantitative estimate of drug-likeness (QED) is 0.287. The molecule has 0 fully saturated rings. The third kappa shape index (κ3) is 4.70. The molecule has 34 heavy (non-hydrogen) atoms. The number of ether oxygens (including phenoxy) is 1. The van der Waals surface area contributed by atoms with Gasteiger partial charge in [-0.1, -0.05) is 41.4 Å². The number of carbonyl (C=O) groups is 1. The van der Waals surface area contributed by atoms with E-state index in [1.165, 1.54) is 23.8 Å². The molecular formula is C28H25ClFNO3. The zero-order chi connectivity index (χ0) is 24.4. The molecule has 0 saturated carbocycles. The zero-order valence-electron chi connectivity index (χ0n) is 19.5. The molecule has 0 atom stereocenters. The van der Waals surface area contributed by atoms with Crippen molar-refractivity contribution in [3.8, 4) is 16.9 Å². The maximum Gasteiger partial charge on any atom is 0.248 e. The fourth-order valence-electron chi connectivity index (χ4n) is 3.93. The third-order valence-corrected chi connectivity index (χ3v) is 5.89. The first kappa shape index (κ1) is 23.6. The van der Waals surface area contributed by atoms with Gasteiger partial charge < -0.3 is 14.5 Å². The van der Waals surface area contributed by atoms with Crippen LogP contribution in [0.1, 0.15) is 30.5 Å². The van der Waals surface area contributed by atoms with Gasteiger partial charge in [0.25, 0.3) is 0 Å². The summed E-state index contributed by atoms with van der Waals surface area (Å²) in [6.07, 6.45) is 3.18. The SMILES string of the molecule is CCOc1c(/C(C)=C/C(=O)Nc2ccc(Cl)cc2F)cc2c(-c3ccc(C)cc3)coc2c1C. The monoisotopic (exact) mass is 477 g/mol. The number of anilines is 1. The van der Waals surface area contributed by atoms with Crippen LogP contribution in [0.2, 0.25) is 5.02 Å². The fourth-order valence-corrected chi connectivity index (χ4v) is 4.09. The minimum Gasteiger partial charge on any atom is -0.493 e. The van der Waals surface area contributed by atoms with E-state index in [1.807, 2.05) is 33.8 Å². The molecule has 1 amide bonds. The van der Waals surface area contributed by atoms with Gasteiger partial charge in [-0.15, -0.1) is 0 Å². The van der Waals surface area contributed by atoms with Crippen LogP contribution < -0.4 is 10.1 Å². The van der Waals surface area contributed by atoms with E-state index < -0.39 is 11.7 Å². The van der Waals surface area contributed by atoms with Gasteiger partial charge in [-0.25, -0.2) is 4.39 Å². The summed E-state index contributed by atoms with van der Waals surface area (Å²) in [7, 11) is 0. The van der Waals surface area contributed by atoms with Crippen molar-refractivity contribution in [1.82, 2.24) is 0 Å². The normalized spacial score (nSPS) is 11.6. The van der Waals surface area contributed by atoms with Crippen LogP contribution in [0.15, 0.2) is 65.3 Å². The second-order valence-corrected chi connectivity index (χ2v) is 8.58. The Bertz CT molecular complexity index is 1400. The van der Waals surface area contributed by atoms with Crippen LogP contribution in [0.3, 0.4) is 0 Å². The van der Waals surface area contributed by atoms with E-state index >= 15 is 0 Å². The van der Waals surface area contributed by atoms with Crippen molar-refractivity contribution < 1.29 is 18.3 Å². The Morgan fingerprint density at radius 3 is 2.56 bits per heavy atom. The van der Waals surface area contributed by atoms with E-state index in [0.29, 0.717) is 17.9 Å². The molecule has 0 unspecified atom stereocenters. The summed E-state index contributed by atoms with van der Waals surface area (Å²) in [6, 6.07) is 14.3. The molecule has 0 aliphatic heterocycles. The summed E-state index contributed by atoms with van der Waals surface area (Å²) in [4.78, 5) is 12.7. The highest BCUT2D eigenvalue weighted by Crippen LogP contribution is 2.40. The number of carbonyl (C=O) groups excluding carboxylic acids is 1. The maximum atomic E-state index is 14.1. The summed E-state index contributed by atoms with van der Waals surface area (Å²) in [5.41, 5.74) is 6.28. The van der Waals surface area contributed by atoms with Gasteiger partial charge in [0.1, 0.15) is 17.1 Å². The number of furan rings is 1. The number of halogens is 2. The van der Waals surface area contributed by atoms with E-state index in [9.17, 15) is 9.18 Å². The molecule has 0 aliphatic carbocycles. The van der Waals surface area contributed by atoms with Crippen molar-refractivity contribution in [2.75, 3.05) is 11.9 Å². The van der Waals surface area contributed by atoms with Gasteiger partial charge in [0.05, 0.1) is 18.6 Å². The van der Waals surface area contributed by atoms with Crippen LogP contribution >= 0.6 is 11.6 Å². The molecule has 3 aromatic carbocycles. The van der Waals surface area contributed by atoms with E-state index in [2.05, 4.69) is 29.6 Å². The van der Waals surface area contributed by atoms with Crippen molar-refractivity contribution in [2.24, 2.45) is 0 Å². The average Bonchev–Trinajstić information content (AvgIpc) is 3.22. The topological polar surface area (TPSA) is 51.5 Å². The Kier molecular flexibility index (Phi) is 6.75. The molecule has 0 spiro atoms. The minimum absolute atomic E-state index is 0.0617. The van der Waals surface area contributed by atoms with Gasteiger partial charge in [-0.3, -0.25) is 4.79 Å². The first-order chi connectivity index (χ1) is 16.3. The van der Waals surface area contributed by atoms with Crippen LogP contribution in [0.25, 0.3) is 27.7 Å². The molecule has 4 nitrogen and oxygen atoms in total. The third-order valence-electron chi connectivity index (χ3n) is 5.66. The molecule has 4 rings (SSSR count). The van der Waals surface area contributed by atoms with Crippen molar-refractivity contribution in [2.45, 2.75) is 27.7 Å². The number of nitrogens with one attached hydrogen (secondary N) is 1. The van der Waals surface area contributed by atoms with Gasteiger partial charge in [0, 0.05) is 33.2 Å². The lowest BCUT2D eigenvalue weighted by atomic mass is 9.96. The molecule has 0 saturated heterocycles. The Morgan fingerprint density at radius 1 is 1.15 bits per heavy atom. The van der Waals surface area contributed by atoms with Crippen molar-refractivity contribution in [3.63, 3.8) is 0 Å². The Hall–Kier alpha value is -3.57. The molecule has 174 valence electrons. The number of allylic oxidation sites excluding steroid dienone is 1. The molecule has 0 radical (unpaired) electrons. The van der Waals surface area contributed by atoms with E-state index in [-0.39, 0.29) is 10.7 Å². The lowest BCUT2D eigenvalue weighted by Gasteiger charge is -2.15. The molecule has 6 heteroatoms. The number of fused-ring (bicyclic) bond motifs is 1. The molecule has 1 N–H and O–H groups in total. The van der Waals surface area contributed by atoms with Crippen LogP contribution in [0.5, 0.6) is 5.75 Å². The lowest BCUT2D eigenvalue weighted by Crippen LogP contribution is -2.10. The van der Waals surface area contributed by atoms with Crippen LogP contribution in [-0.2, 0) is 4.79 Å². The number of benzene rings is 3. The highest BCUT2D eigenvalue weighted by molar-refractivity contribution is 6.30. The van der Waals surface area contributed by atoms with Gasteiger partial charge in [-0.2, -0.15) is 0 Å². The van der Waals surface area contributed by atoms with Gasteiger partial charge in [0.15, 0.2) is 0 Å². The molecular weight excluding hydrogens is 453 g/mol. The molecule has 0 bridgehead atoms. The number of rotatable bonds is 6. The van der Waals surface area contributed by atoms with Crippen molar-refractivity contribution in [1.29, 1.82) is 0 Å². The first-order valence-corrected chi connectivity index (χ1v) is 11.4. The smallest absolute Gasteiger partial charge is 0.248 e. The standard InChI is InChI=1S/C28H25ClFNO3/c1-5-33-27-18(4)28-22(23(15-34-28)19-8-6-16(2)7-9-19)14-21(27)17(3)12-26(32)31-25-11-10-20(29)13-24(25)30/h6-15H,5H2,1-4H3,(H,31,32)/b17-12+. The predicted molar refractivity (Wildman–Crippen MR) is 136 cm³/mol. The van der Waals surface area contributed by atoms with Crippen LogP contribution in [0.4, 0.5) is 10.1 Å². The molecule has 1 heterocycles. The Morgan fingerprint density at radius 2 is 1.88 bits per heavy atom. The average molecular weight is 478 g/mol. The number of aryl methyl sites for hydroxylation is 2. The highest BCUT2D eigenvalue weighted by atomic mass is 35.5. The van der Waals surface area contributed by atoms with Crippen molar-refractivity contribution in [3.05, 3.63) is 88.4 Å². The summed E-state index contributed by atoms with van der Waals surface area (Å²) in [5, 5.41) is 3.76. The highest BCUT2D eigenvalue weighted by Gasteiger charge is 2.19. The van der Waals surface area contributed by atoms with Gasteiger partial charge >= 0.3 is 0 Å². The second kappa shape index (κ2) is 9.74. The largest absolute Gasteiger partial charge is 0.493 e. The summed E-state index contributed by atoms with van der Waals surface area (Å²) >= 11 is 5.80. The van der Waals surface area contributed by atoms with E-state index in [0.717, 1.165) is 39.3 Å². The number of hydrogen-bond acceptors (Lipinski definition) is 3. The predicted octanol–water partition coefficient (Wildman–Crippen LogP) is 7.95. The summed E-state index contributed by atoms with van der Waals surface area (Å²) in [5.74, 6) is -0.399. The summed E-state index contributed by atoms with van der Waals surface area (Å²) in [6.45, 7) is 8.17. The van der Waals surface area contributed by atoms with Gasteiger partial charge in [0.2, 0.25) is 5.91 Å². The van der Waals surface area contributed by atoms with Crippen molar-refractivity contribution >= 4 is 39.7 Å². The maximum absolute atomic E-state index is 14.1. The zero-order valence-corrected chi connectivity index (χ0v) is 20.2. The van der Waals surface area contributed by atoms with Gasteiger partial charge in [-0.05, 0) is 63.1 Å². The van der Waals surface area contributed by atoms with E-state index in [4.69, 9.17) is 20.8 Å². The van der Waals surface area contributed by atoms with Crippen LogP contribution in [-0.4, -0.2) is 12.5 Å². The fraction of sp³-hybridized carbons (Fsp3) is 0.179. The van der Waals surface area contributed by atoms with Crippen LogP contribution in [0, 0.1) is 19.7 Å². The second-order valence-electron chi connectivity index (χ2n) is 8.14. The molecule has 1 aromatic heterocycles. The molecule has 0 aliphatic rings. The first-order valence-electron chi connectivity index (χ1n) is 11.0. The number of amides is 1. The summed E-state index contributed by atoms with van der Waals surface area (Å²) < 4.78 is 26.0. The number of hydrogen-bond donors (Lipinski definition) is 1. The van der Waals surface area contributed by atoms with E-state index in [1.54, 1.807) is 6.26 Å². The Balaban J connectivity index is 1.77. The minimum atomic E-state index is -0.597. The molecule has 4 aromatic rings.